The van der Waals surface area contributed by atoms with Crippen molar-refractivity contribution in [2.75, 3.05) is 23.3 Å². The third kappa shape index (κ3) is 4.10. The maximum Gasteiger partial charge on any atom is 0.275 e. The van der Waals surface area contributed by atoms with Crippen molar-refractivity contribution in [3.63, 3.8) is 0 Å². The molecule has 0 unspecified atom stereocenters. The summed E-state index contributed by atoms with van der Waals surface area (Å²) in [5, 5.41) is 2.86. The molecule has 2 aromatic rings. The molecule has 0 spiro atoms. The SMILES string of the molecule is CCc1ccc(NC(=O)c2cnc(N3CCCCCC3)cn2)cc1. The van der Waals surface area contributed by atoms with E-state index in [-0.39, 0.29) is 5.91 Å². The zero-order chi connectivity index (χ0) is 16.8. The third-order valence-corrected chi connectivity index (χ3v) is 4.42. The molecule has 1 N–H and O–H groups in total. The normalized spacial score (nSPS) is 15.0. The topological polar surface area (TPSA) is 58.1 Å². The van der Waals surface area contributed by atoms with Gasteiger partial charge >= 0.3 is 0 Å². The van der Waals surface area contributed by atoms with Gasteiger partial charge in [0.2, 0.25) is 0 Å². The van der Waals surface area contributed by atoms with Gasteiger partial charge in [-0.25, -0.2) is 9.97 Å². The standard InChI is InChI=1S/C19H24N4O/c1-2-15-7-9-16(10-8-15)22-19(24)17-13-21-18(14-20-17)23-11-5-3-4-6-12-23/h7-10,13-14H,2-6,11-12H2,1H3,(H,22,24). The third-order valence-electron chi connectivity index (χ3n) is 4.42. The maximum absolute atomic E-state index is 12.3. The van der Waals surface area contributed by atoms with Crippen LogP contribution in [-0.2, 0) is 6.42 Å². The Kier molecular flexibility index (Phi) is 5.41. The Labute approximate surface area is 143 Å². The Morgan fingerprint density at radius 3 is 2.33 bits per heavy atom. The van der Waals surface area contributed by atoms with Crippen molar-refractivity contribution in [2.24, 2.45) is 0 Å². The Morgan fingerprint density at radius 1 is 1.04 bits per heavy atom. The van der Waals surface area contributed by atoms with Crippen LogP contribution in [0.4, 0.5) is 11.5 Å². The van der Waals surface area contributed by atoms with Gasteiger partial charge in [0, 0.05) is 18.8 Å². The molecule has 126 valence electrons. The van der Waals surface area contributed by atoms with Gasteiger partial charge in [0.15, 0.2) is 0 Å². The largest absolute Gasteiger partial charge is 0.355 e. The number of amides is 1. The van der Waals surface area contributed by atoms with Crippen molar-refractivity contribution in [1.82, 2.24) is 9.97 Å². The second-order valence-electron chi connectivity index (χ2n) is 6.17. The number of aromatic nitrogens is 2. The molecule has 1 saturated heterocycles. The van der Waals surface area contributed by atoms with Gasteiger partial charge in [0.05, 0.1) is 12.4 Å². The van der Waals surface area contributed by atoms with E-state index in [2.05, 4.69) is 27.1 Å². The Hall–Kier alpha value is -2.43. The van der Waals surface area contributed by atoms with E-state index >= 15 is 0 Å². The average molecular weight is 324 g/mol. The molecule has 2 heterocycles. The van der Waals surface area contributed by atoms with Crippen molar-refractivity contribution in [3.05, 3.63) is 47.9 Å². The van der Waals surface area contributed by atoms with Crippen LogP contribution < -0.4 is 10.2 Å². The number of aryl methyl sites for hydroxylation is 1. The summed E-state index contributed by atoms with van der Waals surface area (Å²) in [6.45, 7) is 4.14. The van der Waals surface area contributed by atoms with E-state index in [4.69, 9.17) is 0 Å². The highest BCUT2D eigenvalue weighted by Gasteiger charge is 2.13. The minimum atomic E-state index is -0.228. The molecule has 1 amide bonds. The Bertz CT molecular complexity index is 659. The first-order chi connectivity index (χ1) is 11.8. The summed E-state index contributed by atoms with van der Waals surface area (Å²) in [5.74, 6) is 0.634. The first kappa shape index (κ1) is 16.4. The highest BCUT2D eigenvalue weighted by molar-refractivity contribution is 6.02. The van der Waals surface area contributed by atoms with Crippen LogP contribution in [0.15, 0.2) is 36.7 Å². The lowest BCUT2D eigenvalue weighted by molar-refractivity contribution is 0.102. The summed E-state index contributed by atoms with van der Waals surface area (Å²) in [4.78, 5) is 23.3. The van der Waals surface area contributed by atoms with E-state index in [0.29, 0.717) is 5.69 Å². The molecule has 3 rings (SSSR count). The van der Waals surface area contributed by atoms with Gasteiger partial charge in [0.1, 0.15) is 11.5 Å². The first-order valence-electron chi connectivity index (χ1n) is 8.73. The van der Waals surface area contributed by atoms with Gasteiger partial charge < -0.3 is 10.2 Å². The fraction of sp³-hybridized carbons (Fsp3) is 0.421. The highest BCUT2D eigenvalue weighted by Crippen LogP contribution is 2.17. The lowest BCUT2D eigenvalue weighted by Crippen LogP contribution is -2.25. The molecule has 24 heavy (non-hydrogen) atoms. The van der Waals surface area contributed by atoms with Gasteiger partial charge in [-0.15, -0.1) is 0 Å². The van der Waals surface area contributed by atoms with Gasteiger partial charge in [-0.3, -0.25) is 4.79 Å². The fourth-order valence-electron chi connectivity index (χ4n) is 2.92. The maximum atomic E-state index is 12.3. The number of hydrogen-bond acceptors (Lipinski definition) is 4. The van der Waals surface area contributed by atoms with Crippen LogP contribution >= 0.6 is 0 Å². The molecule has 0 saturated carbocycles. The molecule has 1 aliphatic rings. The van der Waals surface area contributed by atoms with Crippen molar-refractivity contribution in [3.8, 4) is 0 Å². The highest BCUT2D eigenvalue weighted by atomic mass is 16.1. The molecule has 0 bridgehead atoms. The molecule has 0 aliphatic carbocycles. The monoisotopic (exact) mass is 324 g/mol. The average Bonchev–Trinajstić information content (AvgIpc) is 2.92. The van der Waals surface area contributed by atoms with Crippen molar-refractivity contribution in [2.45, 2.75) is 39.0 Å². The quantitative estimate of drug-likeness (QED) is 0.932. The van der Waals surface area contributed by atoms with E-state index in [1.807, 2.05) is 24.3 Å². The van der Waals surface area contributed by atoms with Crippen LogP contribution in [0.25, 0.3) is 0 Å². The summed E-state index contributed by atoms with van der Waals surface area (Å²) in [6, 6.07) is 7.86. The number of hydrogen-bond donors (Lipinski definition) is 1. The van der Waals surface area contributed by atoms with E-state index in [1.165, 1.54) is 31.2 Å². The van der Waals surface area contributed by atoms with E-state index in [1.54, 1.807) is 12.4 Å². The Balaban J connectivity index is 1.64. The van der Waals surface area contributed by atoms with E-state index in [0.717, 1.165) is 31.0 Å². The van der Waals surface area contributed by atoms with Crippen LogP contribution in [0.1, 0.15) is 48.7 Å². The van der Waals surface area contributed by atoms with E-state index < -0.39 is 0 Å². The number of carbonyl (C=O) groups excluding carboxylic acids is 1. The number of carbonyl (C=O) groups is 1. The van der Waals surface area contributed by atoms with Gasteiger partial charge in [-0.05, 0) is 37.0 Å². The lowest BCUT2D eigenvalue weighted by Gasteiger charge is -2.20. The zero-order valence-corrected chi connectivity index (χ0v) is 14.2. The number of nitrogens with zero attached hydrogens (tertiary/aromatic N) is 3. The second kappa shape index (κ2) is 7.90. The number of nitrogens with one attached hydrogen (secondary N) is 1. The van der Waals surface area contributed by atoms with Crippen LogP contribution in [0.3, 0.4) is 0 Å². The molecule has 5 nitrogen and oxygen atoms in total. The number of anilines is 2. The summed E-state index contributed by atoms with van der Waals surface area (Å²) in [6.07, 6.45) is 9.20. The van der Waals surface area contributed by atoms with Crippen LogP contribution in [0.2, 0.25) is 0 Å². The minimum absolute atomic E-state index is 0.228. The van der Waals surface area contributed by atoms with Crippen molar-refractivity contribution in [1.29, 1.82) is 0 Å². The molecular weight excluding hydrogens is 300 g/mol. The number of benzene rings is 1. The van der Waals surface area contributed by atoms with Crippen molar-refractivity contribution >= 4 is 17.4 Å². The summed E-state index contributed by atoms with van der Waals surface area (Å²) >= 11 is 0. The zero-order valence-electron chi connectivity index (χ0n) is 14.2. The molecule has 5 heteroatoms. The molecule has 1 fully saturated rings. The van der Waals surface area contributed by atoms with Crippen LogP contribution in [0, 0.1) is 0 Å². The van der Waals surface area contributed by atoms with Crippen molar-refractivity contribution < 1.29 is 4.79 Å². The minimum Gasteiger partial charge on any atom is -0.355 e. The second-order valence-corrected chi connectivity index (χ2v) is 6.17. The summed E-state index contributed by atoms with van der Waals surface area (Å²) < 4.78 is 0. The number of rotatable bonds is 4. The molecule has 1 aromatic carbocycles. The Morgan fingerprint density at radius 2 is 1.75 bits per heavy atom. The summed E-state index contributed by atoms with van der Waals surface area (Å²) in [7, 11) is 0. The van der Waals surface area contributed by atoms with Gasteiger partial charge in [-0.1, -0.05) is 31.9 Å². The fourth-order valence-corrected chi connectivity index (χ4v) is 2.92. The van der Waals surface area contributed by atoms with Crippen LogP contribution in [0.5, 0.6) is 0 Å². The molecule has 0 atom stereocenters. The molecule has 1 aromatic heterocycles. The predicted octanol–water partition coefficient (Wildman–Crippen LogP) is 3.67. The molecule has 0 radical (unpaired) electrons. The van der Waals surface area contributed by atoms with E-state index in [9.17, 15) is 4.79 Å². The summed E-state index contributed by atoms with van der Waals surface area (Å²) in [5.41, 5.74) is 2.36. The first-order valence-corrected chi connectivity index (χ1v) is 8.73. The van der Waals surface area contributed by atoms with Gasteiger partial charge in [0.25, 0.3) is 5.91 Å². The predicted molar refractivity (Wildman–Crippen MR) is 96.5 cm³/mol. The smallest absolute Gasteiger partial charge is 0.275 e. The molecular formula is C19H24N4O. The van der Waals surface area contributed by atoms with Crippen LogP contribution in [-0.4, -0.2) is 29.0 Å². The lowest BCUT2D eigenvalue weighted by atomic mass is 10.1. The molecule has 1 aliphatic heterocycles. The van der Waals surface area contributed by atoms with Gasteiger partial charge in [-0.2, -0.15) is 0 Å².